The first-order chi connectivity index (χ1) is 11.7. The van der Waals surface area contributed by atoms with E-state index in [0.717, 1.165) is 10.8 Å². The number of fused-ring (bicyclic) bond motifs is 4. The molecule has 0 saturated carbocycles. The Morgan fingerprint density at radius 2 is 1.00 bits per heavy atom. The number of nitrogens with zero attached hydrogens (tertiary/aromatic N) is 2. The highest BCUT2D eigenvalue weighted by atomic mass is 16.1. The van der Waals surface area contributed by atoms with Crippen molar-refractivity contribution < 1.29 is 9.59 Å². The lowest BCUT2D eigenvalue weighted by Gasteiger charge is -2.17. The van der Waals surface area contributed by atoms with Crippen molar-refractivity contribution in [2.24, 2.45) is 0 Å². The van der Waals surface area contributed by atoms with Crippen LogP contribution in [0.1, 0.15) is 32.1 Å². The van der Waals surface area contributed by atoms with Gasteiger partial charge >= 0.3 is 0 Å². The minimum Gasteiger partial charge on any atom is -0.287 e. The van der Waals surface area contributed by atoms with Gasteiger partial charge in [-0.3, -0.25) is 9.59 Å². The number of para-hydroxylation sites is 2. The molecule has 3 aromatic carbocycles. The maximum Gasteiger partial charge on any atom is 0.214 e. The summed E-state index contributed by atoms with van der Waals surface area (Å²) in [5.41, 5.74) is 2.30. The number of hydrogen-bond acceptors (Lipinski definition) is 4. The first kappa shape index (κ1) is 13.1. The van der Waals surface area contributed by atoms with Crippen molar-refractivity contribution in [3.05, 3.63) is 83.2 Å². The third-order valence-corrected chi connectivity index (χ3v) is 4.38. The molecule has 4 aromatic rings. The molecule has 0 N–H and O–H groups in total. The Morgan fingerprint density at radius 1 is 0.583 bits per heavy atom. The van der Waals surface area contributed by atoms with Gasteiger partial charge in [0.25, 0.3) is 0 Å². The van der Waals surface area contributed by atoms with Crippen molar-refractivity contribution in [1.82, 2.24) is 9.97 Å². The Hall–Kier alpha value is -3.40. The van der Waals surface area contributed by atoms with Gasteiger partial charge in [-0.2, -0.15) is 0 Å². The van der Waals surface area contributed by atoms with Gasteiger partial charge < -0.3 is 0 Å². The van der Waals surface area contributed by atoms with E-state index in [9.17, 15) is 9.59 Å². The summed E-state index contributed by atoms with van der Waals surface area (Å²) in [6.45, 7) is 0. The molecule has 1 aromatic heterocycles. The van der Waals surface area contributed by atoms with E-state index in [-0.39, 0.29) is 23.0 Å². The summed E-state index contributed by atoms with van der Waals surface area (Å²) >= 11 is 0. The van der Waals surface area contributed by atoms with Crippen LogP contribution in [0.25, 0.3) is 21.8 Å². The van der Waals surface area contributed by atoms with Crippen LogP contribution in [0.3, 0.4) is 0 Å². The summed E-state index contributed by atoms with van der Waals surface area (Å²) in [5.74, 6) is -0.493. The Morgan fingerprint density at radius 3 is 1.46 bits per heavy atom. The van der Waals surface area contributed by atoms with Crippen molar-refractivity contribution in [3.8, 4) is 0 Å². The van der Waals surface area contributed by atoms with E-state index in [1.165, 1.54) is 0 Å². The van der Waals surface area contributed by atoms with E-state index in [2.05, 4.69) is 9.97 Å². The molecule has 4 heteroatoms. The Balaban J connectivity index is 1.84. The molecule has 0 fully saturated rings. The third kappa shape index (κ3) is 1.68. The largest absolute Gasteiger partial charge is 0.287 e. The van der Waals surface area contributed by atoms with Gasteiger partial charge in [0.05, 0.1) is 11.0 Å². The molecule has 0 aliphatic heterocycles. The second-order valence-corrected chi connectivity index (χ2v) is 5.81. The number of carbonyl (C=O) groups is 2. The van der Waals surface area contributed by atoms with Gasteiger partial charge in [0.15, 0.2) is 0 Å². The molecule has 5 rings (SSSR count). The average Bonchev–Trinajstić information content (AvgIpc) is 2.64. The first-order valence-electron chi connectivity index (χ1n) is 7.61. The van der Waals surface area contributed by atoms with Crippen molar-refractivity contribution >= 4 is 33.4 Å². The Kier molecular flexibility index (Phi) is 2.48. The standard InChI is InChI=1S/C20H10N2O2/c23-19-13-9-11-5-1-2-6-12(11)10-14(13)20(24)18-17(19)21-15-7-3-4-8-16(15)22-18/h1-10H. The normalized spacial score (nSPS) is 13.2. The molecule has 24 heavy (non-hydrogen) atoms. The second-order valence-electron chi connectivity index (χ2n) is 5.81. The molecule has 0 radical (unpaired) electrons. The predicted octanol–water partition coefficient (Wildman–Crippen LogP) is 3.56. The lowest BCUT2D eigenvalue weighted by atomic mass is 9.87. The Labute approximate surface area is 136 Å². The maximum absolute atomic E-state index is 12.9. The lowest BCUT2D eigenvalue weighted by molar-refractivity contribution is 0.0972. The number of benzene rings is 3. The van der Waals surface area contributed by atoms with E-state index in [4.69, 9.17) is 0 Å². The highest BCUT2D eigenvalue weighted by Gasteiger charge is 2.33. The molecule has 4 nitrogen and oxygen atoms in total. The highest BCUT2D eigenvalue weighted by molar-refractivity contribution is 6.28. The minimum atomic E-state index is -0.247. The van der Waals surface area contributed by atoms with Gasteiger partial charge in [0.2, 0.25) is 11.6 Å². The number of rotatable bonds is 0. The molecule has 0 unspecified atom stereocenters. The molecule has 1 aliphatic carbocycles. The molecule has 1 aliphatic rings. The SMILES string of the molecule is O=C1c2cc3ccccc3cc2C(=O)c2nc3ccccc3nc21. The smallest absolute Gasteiger partial charge is 0.214 e. The number of ketones is 2. The maximum atomic E-state index is 12.9. The molecular weight excluding hydrogens is 300 g/mol. The number of carbonyl (C=O) groups excluding carboxylic acids is 2. The zero-order valence-electron chi connectivity index (χ0n) is 12.5. The molecule has 1 heterocycles. The molecule has 0 atom stereocenters. The van der Waals surface area contributed by atoms with Gasteiger partial charge in [-0.25, -0.2) is 9.97 Å². The summed E-state index contributed by atoms with van der Waals surface area (Å²) in [4.78, 5) is 34.6. The first-order valence-corrected chi connectivity index (χ1v) is 7.61. The average molecular weight is 310 g/mol. The Bertz CT molecular complexity index is 1010. The topological polar surface area (TPSA) is 59.9 Å². The van der Waals surface area contributed by atoms with Crippen molar-refractivity contribution in [3.63, 3.8) is 0 Å². The molecule has 112 valence electrons. The third-order valence-electron chi connectivity index (χ3n) is 4.38. The molecule has 0 spiro atoms. The second kappa shape index (κ2) is 4.55. The van der Waals surface area contributed by atoms with Gasteiger partial charge in [-0.1, -0.05) is 36.4 Å². The van der Waals surface area contributed by atoms with Crippen LogP contribution in [0.4, 0.5) is 0 Å². The van der Waals surface area contributed by atoms with Crippen molar-refractivity contribution in [2.75, 3.05) is 0 Å². The van der Waals surface area contributed by atoms with Crippen molar-refractivity contribution in [2.45, 2.75) is 0 Å². The van der Waals surface area contributed by atoms with E-state index in [1.54, 1.807) is 24.3 Å². The molecule has 0 bridgehead atoms. The fourth-order valence-corrected chi connectivity index (χ4v) is 3.19. The zero-order chi connectivity index (χ0) is 16.3. The zero-order valence-corrected chi connectivity index (χ0v) is 12.5. The fraction of sp³-hybridized carbons (Fsp3) is 0. The van der Waals surface area contributed by atoms with Crippen LogP contribution in [0.2, 0.25) is 0 Å². The monoisotopic (exact) mass is 310 g/mol. The lowest BCUT2D eigenvalue weighted by Crippen LogP contribution is -2.24. The summed E-state index contributed by atoms with van der Waals surface area (Å²) in [5, 5.41) is 1.85. The minimum absolute atomic E-state index is 0.140. The van der Waals surface area contributed by atoms with Gasteiger partial charge in [-0.05, 0) is 35.0 Å². The molecule has 0 saturated heterocycles. The predicted molar refractivity (Wildman–Crippen MR) is 90.4 cm³/mol. The van der Waals surface area contributed by atoms with Crippen molar-refractivity contribution in [1.29, 1.82) is 0 Å². The van der Waals surface area contributed by atoms with Crippen LogP contribution in [-0.4, -0.2) is 21.5 Å². The molecule has 0 amide bonds. The van der Waals surface area contributed by atoms with E-state index >= 15 is 0 Å². The van der Waals surface area contributed by atoms with Gasteiger partial charge in [-0.15, -0.1) is 0 Å². The van der Waals surface area contributed by atoms with E-state index < -0.39 is 0 Å². The van der Waals surface area contributed by atoms with Crippen LogP contribution in [0, 0.1) is 0 Å². The quantitative estimate of drug-likeness (QED) is 0.439. The van der Waals surface area contributed by atoms with Crippen LogP contribution < -0.4 is 0 Å². The van der Waals surface area contributed by atoms with Gasteiger partial charge in [0.1, 0.15) is 11.4 Å². The summed E-state index contributed by atoms with van der Waals surface area (Å²) in [6.07, 6.45) is 0. The summed E-state index contributed by atoms with van der Waals surface area (Å²) in [6, 6.07) is 18.4. The van der Waals surface area contributed by atoms with Crippen LogP contribution >= 0.6 is 0 Å². The van der Waals surface area contributed by atoms with Crippen LogP contribution in [0.15, 0.2) is 60.7 Å². The fourth-order valence-electron chi connectivity index (χ4n) is 3.19. The summed E-state index contributed by atoms with van der Waals surface area (Å²) < 4.78 is 0. The number of hydrogen-bond donors (Lipinski definition) is 0. The van der Waals surface area contributed by atoms with Crippen LogP contribution in [0.5, 0.6) is 0 Å². The summed E-state index contributed by atoms with van der Waals surface area (Å²) in [7, 11) is 0. The van der Waals surface area contributed by atoms with E-state index in [1.807, 2.05) is 36.4 Å². The van der Waals surface area contributed by atoms with Gasteiger partial charge in [0, 0.05) is 11.1 Å². The number of aromatic nitrogens is 2. The highest BCUT2D eigenvalue weighted by Crippen LogP contribution is 2.30. The molecular formula is C20H10N2O2. The van der Waals surface area contributed by atoms with Crippen LogP contribution in [-0.2, 0) is 0 Å². The van der Waals surface area contributed by atoms with E-state index in [0.29, 0.717) is 22.2 Å².